The van der Waals surface area contributed by atoms with Gasteiger partial charge in [-0.15, -0.1) is 0 Å². The van der Waals surface area contributed by atoms with Gasteiger partial charge in [-0.25, -0.2) is 8.78 Å². The molecule has 2 heterocycles. The summed E-state index contributed by atoms with van der Waals surface area (Å²) in [5.41, 5.74) is 0.338. The van der Waals surface area contributed by atoms with Crippen LogP contribution in [0.25, 0.3) is 11.4 Å². The van der Waals surface area contributed by atoms with Gasteiger partial charge in [-0.3, -0.25) is 0 Å². The maximum absolute atomic E-state index is 13.5. The molecule has 1 aliphatic heterocycles. The van der Waals surface area contributed by atoms with Crippen molar-refractivity contribution in [3.8, 4) is 11.4 Å². The lowest BCUT2D eigenvalue weighted by molar-refractivity contribution is 0.116. The van der Waals surface area contributed by atoms with Gasteiger partial charge in [0.05, 0.1) is 16.6 Å². The first kappa shape index (κ1) is 14.6. The van der Waals surface area contributed by atoms with Gasteiger partial charge in [0.25, 0.3) is 0 Å². The minimum absolute atomic E-state index is 0.0241. The van der Waals surface area contributed by atoms with E-state index in [0.29, 0.717) is 18.0 Å². The molecule has 1 fully saturated rings. The van der Waals surface area contributed by atoms with Gasteiger partial charge in [-0.2, -0.15) is 4.98 Å². The highest BCUT2D eigenvalue weighted by atomic mass is 79.9. The first-order valence-electron chi connectivity index (χ1n) is 6.33. The van der Waals surface area contributed by atoms with Gasteiger partial charge >= 0.3 is 0 Å². The Morgan fingerprint density at radius 2 is 2.24 bits per heavy atom. The number of nitrogens with zero attached hydrogens (tertiary/aromatic N) is 2. The van der Waals surface area contributed by atoms with E-state index in [0.717, 1.165) is 12.5 Å². The zero-order valence-corrected chi connectivity index (χ0v) is 12.7. The van der Waals surface area contributed by atoms with Crippen LogP contribution >= 0.6 is 15.9 Å². The molecule has 2 unspecified atom stereocenters. The first-order valence-corrected chi connectivity index (χ1v) is 7.13. The summed E-state index contributed by atoms with van der Waals surface area (Å²) in [7, 11) is 1.65. The Hall–Kier alpha value is -1.38. The van der Waals surface area contributed by atoms with Crippen molar-refractivity contribution in [1.82, 2.24) is 15.5 Å². The van der Waals surface area contributed by atoms with Crippen molar-refractivity contribution >= 4 is 15.9 Å². The van der Waals surface area contributed by atoms with Crippen LogP contribution in [0.5, 0.6) is 0 Å². The van der Waals surface area contributed by atoms with Crippen LogP contribution in [0.15, 0.2) is 21.1 Å². The van der Waals surface area contributed by atoms with Crippen molar-refractivity contribution in [2.24, 2.45) is 0 Å². The van der Waals surface area contributed by atoms with Gasteiger partial charge in [-0.1, -0.05) is 5.16 Å². The average molecular weight is 360 g/mol. The SMILES string of the molecule is COC1CNC(c2nc(-c3ccc(F)c(F)c3Br)no2)C1. The molecular weight excluding hydrogens is 348 g/mol. The van der Waals surface area contributed by atoms with Crippen molar-refractivity contribution in [3.63, 3.8) is 0 Å². The fourth-order valence-electron chi connectivity index (χ4n) is 2.26. The van der Waals surface area contributed by atoms with Gasteiger partial charge in [0.2, 0.25) is 11.7 Å². The van der Waals surface area contributed by atoms with E-state index in [1.165, 1.54) is 6.07 Å². The zero-order valence-electron chi connectivity index (χ0n) is 11.1. The van der Waals surface area contributed by atoms with E-state index < -0.39 is 11.6 Å². The molecule has 2 aromatic rings. The summed E-state index contributed by atoms with van der Waals surface area (Å²) in [5, 5.41) is 7.03. The Morgan fingerprint density at radius 3 is 2.95 bits per heavy atom. The van der Waals surface area contributed by atoms with E-state index in [9.17, 15) is 8.78 Å². The molecule has 0 bridgehead atoms. The van der Waals surface area contributed by atoms with Crippen LogP contribution in [0, 0.1) is 11.6 Å². The fraction of sp³-hybridized carbons (Fsp3) is 0.385. The summed E-state index contributed by atoms with van der Waals surface area (Å²) in [5.74, 6) is -1.30. The summed E-state index contributed by atoms with van der Waals surface area (Å²) < 4.78 is 37.1. The Balaban J connectivity index is 1.87. The lowest BCUT2D eigenvalue weighted by atomic mass is 10.2. The van der Waals surface area contributed by atoms with Crippen LogP contribution in [0.2, 0.25) is 0 Å². The molecule has 21 heavy (non-hydrogen) atoms. The summed E-state index contributed by atoms with van der Waals surface area (Å²) in [6.07, 6.45) is 0.817. The number of aromatic nitrogens is 2. The van der Waals surface area contributed by atoms with Crippen molar-refractivity contribution in [1.29, 1.82) is 0 Å². The second-order valence-corrected chi connectivity index (χ2v) is 5.53. The van der Waals surface area contributed by atoms with Crippen molar-refractivity contribution in [2.75, 3.05) is 13.7 Å². The molecule has 1 aromatic carbocycles. The van der Waals surface area contributed by atoms with E-state index in [4.69, 9.17) is 9.26 Å². The van der Waals surface area contributed by atoms with E-state index in [2.05, 4.69) is 31.4 Å². The molecule has 1 saturated heterocycles. The van der Waals surface area contributed by atoms with Gasteiger partial charge in [0, 0.05) is 19.2 Å². The molecule has 0 aliphatic carbocycles. The van der Waals surface area contributed by atoms with Gasteiger partial charge in [-0.05, 0) is 34.5 Å². The molecule has 8 heteroatoms. The number of methoxy groups -OCH3 is 1. The normalized spacial score (nSPS) is 21.9. The maximum Gasteiger partial charge on any atom is 0.244 e. The second-order valence-electron chi connectivity index (χ2n) is 4.73. The van der Waals surface area contributed by atoms with Crippen LogP contribution in [0.4, 0.5) is 8.78 Å². The molecule has 0 radical (unpaired) electrons. The van der Waals surface area contributed by atoms with Gasteiger partial charge in [0.1, 0.15) is 0 Å². The molecule has 0 amide bonds. The van der Waals surface area contributed by atoms with Crippen LogP contribution in [-0.4, -0.2) is 29.9 Å². The summed E-state index contributed by atoms with van der Waals surface area (Å²) in [4.78, 5) is 4.25. The Morgan fingerprint density at radius 1 is 1.43 bits per heavy atom. The van der Waals surface area contributed by atoms with Crippen LogP contribution in [0.1, 0.15) is 18.4 Å². The monoisotopic (exact) mass is 359 g/mol. The van der Waals surface area contributed by atoms with Gasteiger partial charge in [0.15, 0.2) is 11.6 Å². The second kappa shape index (κ2) is 5.78. The molecule has 3 rings (SSSR count). The zero-order chi connectivity index (χ0) is 15.0. The molecule has 1 N–H and O–H groups in total. The molecule has 0 saturated carbocycles. The predicted molar refractivity (Wildman–Crippen MR) is 73.5 cm³/mol. The van der Waals surface area contributed by atoms with E-state index in [-0.39, 0.29) is 22.4 Å². The third-order valence-electron chi connectivity index (χ3n) is 3.44. The Kier molecular flexibility index (Phi) is 4.01. The number of halogens is 3. The standard InChI is InChI=1S/C13H12BrF2N3O2/c1-20-6-4-9(17-5-6)13-18-12(19-21-13)7-2-3-8(15)11(16)10(7)14/h2-3,6,9,17H,4-5H2,1H3. The number of ether oxygens (including phenoxy) is 1. The number of rotatable bonds is 3. The van der Waals surface area contributed by atoms with Crippen molar-refractivity contribution < 1.29 is 18.0 Å². The van der Waals surface area contributed by atoms with E-state index in [1.54, 1.807) is 7.11 Å². The smallest absolute Gasteiger partial charge is 0.244 e. The number of nitrogens with one attached hydrogen (secondary N) is 1. The van der Waals surface area contributed by atoms with Crippen LogP contribution < -0.4 is 5.32 Å². The topological polar surface area (TPSA) is 60.2 Å². The maximum atomic E-state index is 13.5. The van der Waals surface area contributed by atoms with Gasteiger partial charge < -0.3 is 14.6 Å². The molecule has 1 aromatic heterocycles. The molecule has 5 nitrogen and oxygen atoms in total. The molecule has 2 atom stereocenters. The quantitative estimate of drug-likeness (QED) is 0.853. The molecular formula is C13H12BrF2N3O2. The highest BCUT2D eigenvalue weighted by Gasteiger charge is 2.30. The molecule has 0 spiro atoms. The summed E-state index contributed by atoms with van der Waals surface area (Å²) in [6, 6.07) is 2.33. The van der Waals surface area contributed by atoms with E-state index in [1.807, 2.05) is 0 Å². The first-order chi connectivity index (χ1) is 10.1. The third kappa shape index (κ3) is 2.70. The van der Waals surface area contributed by atoms with Crippen molar-refractivity contribution in [2.45, 2.75) is 18.6 Å². The number of hydrogen-bond acceptors (Lipinski definition) is 5. The minimum Gasteiger partial charge on any atom is -0.380 e. The minimum atomic E-state index is -0.975. The highest BCUT2D eigenvalue weighted by molar-refractivity contribution is 9.10. The van der Waals surface area contributed by atoms with Crippen LogP contribution in [0.3, 0.4) is 0 Å². The lowest BCUT2D eigenvalue weighted by Gasteiger charge is -2.04. The Bertz CT molecular complexity index is 665. The Labute approximate surface area is 127 Å². The van der Waals surface area contributed by atoms with Crippen molar-refractivity contribution in [3.05, 3.63) is 34.1 Å². The highest BCUT2D eigenvalue weighted by Crippen LogP contribution is 2.31. The largest absolute Gasteiger partial charge is 0.380 e. The third-order valence-corrected chi connectivity index (χ3v) is 4.22. The number of hydrogen-bond donors (Lipinski definition) is 1. The molecule has 112 valence electrons. The van der Waals surface area contributed by atoms with Crippen LogP contribution in [-0.2, 0) is 4.74 Å². The number of benzene rings is 1. The predicted octanol–water partition coefficient (Wildman–Crippen LogP) is 2.83. The fourth-order valence-corrected chi connectivity index (χ4v) is 2.75. The van der Waals surface area contributed by atoms with E-state index >= 15 is 0 Å². The summed E-state index contributed by atoms with van der Waals surface area (Å²) in [6.45, 7) is 0.702. The summed E-state index contributed by atoms with van der Waals surface area (Å²) >= 11 is 3.01. The lowest BCUT2D eigenvalue weighted by Crippen LogP contribution is -2.16. The average Bonchev–Trinajstić information content (AvgIpc) is 3.13. The molecule has 1 aliphatic rings.